The SMILES string of the molecule is CCOc1ccc(CN(C)c2nnc(C)n2CC2CC2)cc1. The van der Waals surface area contributed by atoms with Crippen LogP contribution in [0.5, 0.6) is 5.75 Å². The fourth-order valence-corrected chi connectivity index (χ4v) is 2.63. The van der Waals surface area contributed by atoms with Crippen molar-refractivity contribution in [2.24, 2.45) is 5.92 Å². The molecule has 0 unspecified atom stereocenters. The largest absolute Gasteiger partial charge is 0.494 e. The van der Waals surface area contributed by atoms with Crippen molar-refractivity contribution in [1.82, 2.24) is 14.8 Å². The summed E-state index contributed by atoms with van der Waals surface area (Å²) in [6.07, 6.45) is 2.67. The van der Waals surface area contributed by atoms with Crippen molar-refractivity contribution in [1.29, 1.82) is 0 Å². The van der Waals surface area contributed by atoms with Crippen LogP contribution in [-0.4, -0.2) is 28.4 Å². The average Bonchev–Trinajstić information content (AvgIpc) is 3.25. The minimum atomic E-state index is 0.697. The summed E-state index contributed by atoms with van der Waals surface area (Å²) in [5.41, 5.74) is 1.24. The second-order valence-electron chi connectivity index (χ2n) is 6.03. The number of ether oxygens (including phenoxy) is 1. The van der Waals surface area contributed by atoms with Crippen LogP contribution in [0.1, 0.15) is 31.2 Å². The van der Waals surface area contributed by atoms with Crippen LogP contribution >= 0.6 is 0 Å². The van der Waals surface area contributed by atoms with Crippen LogP contribution in [0.15, 0.2) is 24.3 Å². The summed E-state index contributed by atoms with van der Waals surface area (Å²) < 4.78 is 7.73. The van der Waals surface area contributed by atoms with E-state index in [1.165, 1.54) is 18.4 Å². The van der Waals surface area contributed by atoms with Gasteiger partial charge in [0.05, 0.1) is 6.61 Å². The van der Waals surface area contributed by atoms with Crippen molar-refractivity contribution in [2.75, 3.05) is 18.6 Å². The summed E-state index contributed by atoms with van der Waals surface area (Å²) in [7, 11) is 2.07. The van der Waals surface area contributed by atoms with Crippen molar-refractivity contribution < 1.29 is 4.74 Å². The highest BCUT2D eigenvalue weighted by Crippen LogP contribution is 2.32. The number of rotatable bonds is 7. The number of hydrogen-bond acceptors (Lipinski definition) is 4. The summed E-state index contributed by atoms with van der Waals surface area (Å²) >= 11 is 0. The summed E-state index contributed by atoms with van der Waals surface area (Å²) in [4.78, 5) is 2.16. The zero-order chi connectivity index (χ0) is 15.5. The molecule has 1 fully saturated rings. The Morgan fingerprint density at radius 3 is 2.59 bits per heavy atom. The second-order valence-corrected chi connectivity index (χ2v) is 6.03. The lowest BCUT2D eigenvalue weighted by molar-refractivity contribution is 0.340. The molecule has 1 aliphatic carbocycles. The topological polar surface area (TPSA) is 43.2 Å². The molecular weight excluding hydrogens is 276 g/mol. The standard InChI is InChI=1S/C17H24N4O/c1-4-22-16-9-7-14(8-10-16)11-20(3)17-19-18-13(2)21(17)12-15-5-6-15/h7-10,15H,4-6,11-12H2,1-3H3. The third kappa shape index (κ3) is 3.40. The van der Waals surface area contributed by atoms with Crippen LogP contribution < -0.4 is 9.64 Å². The van der Waals surface area contributed by atoms with Crippen molar-refractivity contribution in [3.05, 3.63) is 35.7 Å². The van der Waals surface area contributed by atoms with Crippen LogP contribution in [0.2, 0.25) is 0 Å². The number of nitrogens with zero attached hydrogens (tertiary/aromatic N) is 4. The first kappa shape index (κ1) is 14.9. The van der Waals surface area contributed by atoms with Gasteiger partial charge in [-0.25, -0.2) is 0 Å². The third-order valence-corrected chi connectivity index (χ3v) is 4.05. The zero-order valence-electron chi connectivity index (χ0n) is 13.6. The van der Waals surface area contributed by atoms with E-state index in [2.05, 4.69) is 38.8 Å². The van der Waals surface area contributed by atoms with Crippen LogP contribution in [0, 0.1) is 12.8 Å². The first-order valence-electron chi connectivity index (χ1n) is 8.00. The first-order chi connectivity index (χ1) is 10.7. The molecule has 0 N–H and O–H groups in total. The van der Waals surface area contributed by atoms with E-state index < -0.39 is 0 Å². The monoisotopic (exact) mass is 300 g/mol. The molecule has 0 spiro atoms. The summed E-state index contributed by atoms with van der Waals surface area (Å²) in [6.45, 7) is 6.58. The van der Waals surface area contributed by atoms with Crippen LogP contribution in [0.4, 0.5) is 5.95 Å². The van der Waals surface area contributed by atoms with Gasteiger partial charge in [0.15, 0.2) is 0 Å². The molecule has 1 aromatic carbocycles. The summed E-state index contributed by atoms with van der Waals surface area (Å²) in [6, 6.07) is 8.26. The molecule has 0 bridgehead atoms. The molecule has 0 saturated heterocycles. The Morgan fingerprint density at radius 1 is 1.23 bits per heavy atom. The molecule has 5 nitrogen and oxygen atoms in total. The normalized spacial score (nSPS) is 14.1. The molecule has 5 heteroatoms. The summed E-state index contributed by atoms with van der Waals surface area (Å²) in [5, 5.41) is 8.60. The number of benzene rings is 1. The van der Waals surface area contributed by atoms with Gasteiger partial charge in [0.1, 0.15) is 11.6 Å². The lowest BCUT2D eigenvalue weighted by Gasteiger charge is -2.19. The van der Waals surface area contributed by atoms with Crippen molar-refractivity contribution in [3.8, 4) is 5.75 Å². The predicted molar refractivity (Wildman–Crippen MR) is 87.2 cm³/mol. The van der Waals surface area contributed by atoms with E-state index >= 15 is 0 Å². The highest BCUT2D eigenvalue weighted by atomic mass is 16.5. The van der Waals surface area contributed by atoms with Crippen molar-refractivity contribution >= 4 is 5.95 Å². The molecule has 1 aromatic heterocycles. The molecule has 0 amide bonds. The number of aryl methyl sites for hydroxylation is 1. The van der Waals surface area contributed by atoms with E-state index in [1.54, 1.807) is 0 Å². The number of hydrogen-bond donors (Lipinski definition) is 0. The number of anilines is 1. The van der Waals surface area contributed by atoms with Crippen molar-refractivity contribution in [3.63, 3.8) is 0 Å². The van der Waals surface area contributed by atoms with Gasteiger partial charge < -0.3 is 9.64 Å². The van der Waals surface area contributed by atoms with Crippen LogP contribution in [0.25, 0.3) is 0 Å². The lowest BCUT2D eigenvalue weighted by Crippen LogP contribution is -2.21. The molecule has 22 heavy (non-hydrogen) atoms. The van der Waals surface area contributed by atoms with Crippen LogP contribution in [-0.2, 0) is 13.1 Å². The van der Waals surface area contributed by atoms with Gasteiger partial charge in [0.2, 0.25) is 5.95 Å². The van der Waals surface area contributed by atoms with Gasteiger partial charge in [-0.05, 0) is 50.3 Å². The van der Waals surface area contributed by atoms with E-state index in [-0.39, 0.29) is 0 Å². The summed E-state index contributed by atoms with van der Waals surface area (Å²) in [5.74, 6) is 3.69. The minimum absolute atomic E-state index is 0.697. The van der Waals surface area contributed by atoms with E-state index in [4.69, 9.17) is 4.74 Å². The van der Waals surface area contributed by atoms with Gasteiger partial charge in [-0.15, -0.1) is 10.2 Å². The van der Waals surface area contributed by atoms with Gasteiger partial charge >= 0.3 is 0 Å². The quantitative estimate of drug-likeness (QED) is 0.788. The van der Waals surface area contributed by atoms with Crippen molar-refractivity contribution in [2.45, 2.75) is 39.8 Å². The Morgan fingerprint density at radius 2 is 1.95 bits per heavy atom. The zero-order valence-corrected chi connectivity index (χ0v) is 13.6. The first-order valence-corrected chi connectivity index (χ1v) is 8.00. The highest BCUT2D eigenvalue weighted by molar-refractivity contribution is 5.34. The maximum Gasteiger partial charge on any atom is 0.227 e. The molecule has 118 valence electrons. The molecule has 0 atom stereocenters. The Labute approximate surface area is 131 Å². The Hall–Kier alpha value is -2.04. The maximum atomic E-state index is 5.48. The molecule has 1 heterocycles. The average molecular weight is 300 g/mol. The van der Waals surface area contributed by atoms with Gasteiger partial charge in [-0.3, -0.25) is 4.57 Å². The molecular formula is C17H24N4O. The highest BCUT2D eigenvalue weighted by Gasteiger charge is 2.25. The van der Waals surface area contributed by atoms with Gasteiger partial charge in [-0.1, -0.05) is 12.1 Å². The molecule has 0 aliphatic heterocycles. The van der Waals surface area contributed by atoms with Crippen LogP contribution in [0.3, 0.4) is 0 Å². The van der Waals surface area contributed by atoms with E-state index in [1.807, 2.05) is 26.0 Å². The van der Waals surface area contributed by atoms with E-state index in [9.17, 15) is 0 Å². The lowest BCUT2D eigenvalue weighted by atomic mass is 10.2. The molecule has 0 radical (unpaired) electrons. The molecule has 3 rings (SSSR count). The molecule has 1 saturated carbocycles. The van der Waals surface area contributed by atoms with E-state index in [0.29, 0.717) is 6.61 Å². The second kappa shape index (κ2) is 6.38. The van der Waals surface area contributed by atoms with Gasteiger partial charge in [0.25, 0.3) is 0 Å². The smallest absolute Gasteiger partial charge is 0.227 e. The molecule has 1 aliphatic rings. The fraction of sp³-hybridized carbons (Fsp3) is 0.529. The maximum absolute atomic E-state index is 5.48. The third-order valence-electron chi connectivity index (χ3n) is 4.05. The molecule has 2 aromatic rings. The Kier molecular flexibility index (Phi) is 4.32. The Balaban J connectivity index is 1.69. The Bertz CT molecular complexity index is 616. The minimum Gasteiger partial charge on any atom is -0.494 e. The van der Waals surface area contributed by atoms with Gasteiger partial charge in [-0.2, -0.15) is 0 Å². The van der Waals surface area contributed by atoms with E-state index in [0.717, 1.165) is 36.5 Å². The number of aromatic nitrogens is 3. The van der Waals surface area contributed by atoms with Gasteiger partial charge in [0, 0.05) is 20.1 Å². The predicted octanol–water partition coefficient (Wildman–Crippen LogP) is 3.03. The fourth-order valence-electron chi connectivity index (χ4n) is 2.63.